The van der Waals surface area contributed by atoms with Crippen molar-refractivity contribution in [2.24, 2.45) is 0 Å². The molecule has 2 aromatic rings. The fraction of sp³-hybridized carbons (Fsp3) is 0.550. The van der Waals surface area contributed by atoms with Gasteiger partial charge in [0.25, 0.3) is 11.5 Å². The molecule has 2 aromatic heterocycles. The van der Waals surface area contributed by atoms with Gasteiger partial charge in [0.1, 0.15) is 5.56 Å². The zero-order valence-corrected chi connectivity index (χ0v) is 16.3. The van der Waals surface area contributed by atoms with E-state index < -0.39 is 0 Å². The van der Waals surface area contributed by atoms with Crippen molar-refractivity contribution in [2.45, 2.75) is 25.8 Å². The van der Waals surface area contributed by atoms with Crippen molar-refractivity contribution in [3.8, 4) is 0 Å². The van der Waals surface area contributed by atoms with E-state index in [1.54, 1.807) is 21.9 Å². The van der Waals surface area contributed by atoms with Crippen LogP contribution in [0.15, 0.2) is 29.3 Å². The van der Waals surface area contributed by atoms with E-state index in [4.69, 9.17) is 4.74 Å². The maximum Gasteiger partial charge on any atom is 0.263 e. The molecule has 0 aromatic carbocycles. The number of aromatic amines is 1. The van der Waals surface area contributed by atoms with Gasteiger partial charge < -0.3 is 14.2 Å². The molecule has 2 saturated heterocycles. The SMILES string of the molecule is Cc1ccn(CCN2CCOCC2)c(=O)c1C(=O)N1CCC(c2ccn[nH]2)C1. The third-order valence-electron chi connectivity index (χ3n) is 5.79. The van der Waals surface area contributed by atoms with Crippen molar-refractivity contribution in [1.82, 2.24) is 24.6 Å². The van der Waals surface area contributed by atoms with Gasteiger partial charge in [-0.15, -0.1) is 0 Å². The van der Waals surface area contributed by atoms with E-state index in [2.05, 4.69) is 15.1 Å². The molecule has 0 saturated carbocycles. The Morgan fingerprint density at radius 2 is 2.07 bits per heavy atom. The van der Waals surface area contributed by atoms with Gasteiger partial charge in [-0.2, -0.15) is 5.10 Å². The first-order chi connectivity index (χ1) is 13.6. The summed E-state index contributed by atoms with van der Waals surface area (Å²) in [7, 11) is 0. The fourth-order valence-electron chi connectivity index (χ4n) is 4.03. The van der Waals surface area contributed by atoms with Gasteiger partial charge in [-0.1, -0.05) is 0 Å². The third kappa shape index (κ3) is 3.88. The molecule has 1 amide bonds. The van der Waals surface area contributed by atoms with Crippen LogP contribution in [0.25, 0.3) is 0 Å². The highest BCUT2D eigenvalue weighted by molar-refractivity contribution is 5.95. The van der Waals surface area contributed by atoms with Gasteiger partial charge >= 0.3 is 0 Å². The monoisotopic (exact) mass is 385 g/mol. The number of hydrogen-bond acceptors (Lipinski definition) is 5. The Morgan fingerprint density at radius 1 is 1.25 bits per heavy atom. The highest BCUT2D eigenvalue weighted by Gasteiger charge is 2.31. The van der Waals surface area contributed by atoms with Crippen LogP contribution in [0.2, 0.25) is 0 Å². The summed E-state index contributed by atoms with van der Waals surface area (Å²) in [6.45, 7) is 7.71. The van der Waals surface area contributed by atoms with Gasteiger partial charge in [-0.3, -0.25) is 19.6 Å². The normalized spacial score (nSPS) is 20.6. The number of carbonyl (C=O) groups excluding carboxylic acids is 1. The number of morpholine rings is 1. The summed E-state index contributed by atoms with van der Waals surface area (Å²) in [6.07, 6.45) is 4.41. The van der Waals surface area contributed by atoms with E-state index in [1.807, 2.05) is 19.1 Å². The molecule has 0 radical (unpaired) electrons. The van der Waals surface area contributed by atoms with E-state index in [1.165, 1.54) is 0 Å². The molecule has 150 valence electrons. The number of rotatable bonds is 5. The molecule has 0 bridgehead atoms. The predicted molar refractivity (Wildman–Crippen MR) is 105 cm³/mol. The minimum Gasteiger partial charge on any atom is -0.379 e. The summed E-state index contributed by atoms with van der Waals surface area (Å²) in [6, 6.07) is 3.82. The van der Waals surface area contributed by atoms with E-state index in [9.17, 15) is 9.59 Å². The van der Waals surface area contributed by atoms with Gasteiger partial charge in [-0.05, 0) is 31.0 Å². The van der Waals surface area contributed by atoms with Crippen LogP contribution in [0.1, 0.15) is 34.0 Å². The average molecular weight is 385 g/mol. The van der Waals surface area contributed by atoms with Crippen LogP contribution in [-0.2, 0) is 11.3 Å². The van der Waals surface area contributed by atoms with Crippen molar-refractivity contribution < 1.29 is 9.53 Å². The summed E-state index contributed by atoms with van der Waals surface area (Å²) >= 11 is 0. The Morgan fingerprint density at radius 3 is 2.82 bits per heavy atom. The van der Waals surface area contributed by atoms with Gasteiger partial charge in [0.2, 0.25) is 0 Å². The summed E-state index contributed by atoms with van der Waals surface area (Å²) in [5.41, 5.74) is 1.89. The minimum atomic E-state index is -0.191. The lowest BCUT2D eigenvalue weighted by molar-refractivity contribution is 0.0362. The lowest BCUT2D eigenvalue weighted by Gasteiger charge is -2.26. The largest absolute Gasteiger partial charge is 0.379 e. The van der Waals surface area contributed by atoms with E-state index in [0.717, 1.165) is 50.5 Å². The third-order valence-corrected chi connectivity index (χ3v) is 5.79. The van der Waals surface area contributed by atoms with Crippen LogP contribution in [0.4, 0.5) is 0 Å². The predicted octanol–water partition coefficient (Wildman–Crippen LogP) is 0.842. The fourth-order valence-corrected chi connectivity index (χ4v) is 4.03. The number of likely N-dealkylation sites (tertiary alicyclic amines) is 1. The van der Waals surface area contributed by atoms with Gasteiger partial charge in [0, 0.05) is 63.3 Å². The Hall–Kier alpha value is -2.45. The molecule has 0 aliphatic carbocycles. The number of amides is 1. The van der Waals surface area contributed by atoms with Crippen molar-refractivity contribution in [2.75, 3.05) is 45.9 Å². The van der Waals surface area contributed by atoms with Gasteiger partial charge in [0.15, 0.2) is 0 Å². The Kier molecular flexibility index (Phi) is 5.59. The first-order valence-corrected chi connectivity index (χ1v) is 9.92. The first kappa shape index (κ1) is 18.9. The average Bonchev–Trinajstić information content (AvgIpc) is 3.40. The Labute approximate surface area is 164 Å². The number of nitrogens with zero attached hydrogens (tertiary/aromatic N) is 4. The first-order valence-electron chi connectivity index (χ1n) is 9.92. The van der Waals surface area contributed by atoms with E-state index in [-0.39, 0.29) is 17.4 Å². The number of ether oxygens (including phenoxy) is 1. The molecule has 8 heteroatoms. The quantitative estimate of drug-likeness (QED) is 0.825. The molecule has 4 rings (SSSR count). The molecule has 4 heterocycles. The number of nitrogens with one attached hydrogen (secondary N) is 1. The van der Waals surface area contributed by atoms with Crippen LogP contribution in [-0.4, -0.2) is 76.4 Å². The van der Waals surface area contributed by atoms with Gasteiger partial charge in [0.05, 0.1) is 13.2 Å². The zero-order valence-electron chi connectivity index (χ0n) is 16.3. The minimum absolute atomic E-state index is 0.162. The van der Waals surface area contributed by atoms with Crippen LogP contribution in [0, 0.1) is 6.92 Å². The molecule has 1 N–H and O–H groups in total. The number of hydrogen-bond donors (Lipinski definition) is 1. The topological polar surface area (TPSA) is 83.5 Å². The molecular weight excluding hydrogens is 358 g/mol. The maximum atomic E-state index is 13.1. The number of H-pyrrole nitrogens is 1. The molecule has 1 atom stereocenters. The second kappa shape index (κ2) is 8.28. The second-order valence-corrected chi connectivity index (χ2v) is 7.58. The highest BCUT2D eigenvalue weighted by atomic mass is 16.5. The summed E-state index contributed by atoms with van der Waals surface area (Å²) < 4.78 is 7.03. The molecule has 8 nitrogen and oxygen atoms in total. The van der Waals surface area contributed by atoms with Crippen molar-refractivity contribution in [1.29, 1.82) is 0 Å². The zero-order chi connectivity index (χ0) is 19.5. The van der Waals surface area contributed by atoms with Crippen LogP contribution in [0.3, 0.4) is 0 Å². The van der Waals surface area contributed by atoms with Crippen LogP contribution < -0.4 is 5.56 Å². The highest BCUT2D eigenvalue weighted by Crippen LogP contribution is 2.26. The summed E-state index contributed by atoms with van der Waals surface area (Å²) in [4.78, 5) is 30.2. The number of pyridine rings is 1. The smallest absolute Gasteiger partial charge is 0.263 e. The van der Waals surface area contributed by atoms with Crippen LogP contribution in [0.5, 0.6) is 0 Å². The van der Waals surface area contributed by atoms with E-state index in [0.29, 0.717) is 25.2 Å². The molecule has 2 fully saturated rings. The second-order valence-electron chi connectivity index (χ2n) is 7.58. The number of aromatic nitrogens is 3. The summed E-state index contributed by atoms with van der Waals surface area (Å²) in [5, 5.41) is 6.99. The lowest BCUT2D eigenvalue weighted by Crippen LogP contribution is -2.40. The summed E-state index contributed by atoms with van der Waals surface area (Å²) in [5.74, 6) is 0.0873. The lowest BCUT2D eigenvalue weighted by atomic mass is 10.1. The number of aryl methyl sites for hydroxylation is 1. The Balaban J connectivity index is 1.47. The van der Waals surface area contributed by atoms with Crippen molar-refractivity contribution in [3.63, 3.8) is 0 Å². The van der Waals surface area contributed by atoms with Crippen molar-refractivity contribution >= 4 is 5.91 Å². The van der Waals surface area contributed by atoms with Gasteiger partial charge in [-0.25, -0.2) is 0 Å². The van der Waals surface area contributed by atoms with Crippen LogP contribution >= 0.6 is 0 Å². The Bertz CT molecular complexity index is 870. The standard InChI is InChI=1S/C20H27N5O3/c1-15-3-6-24(9-8-23-10-12-28-13-11-23)19(26)18(15)20(27)25-7-4-16(14-25)17-2-5-21-22-17/h2-3,5-6,16H,4,7-14H2,1H3,(H,21,22). The molecule has 28 heavy (non-hydrogen) atoms. The molecule has 2 aliphatic heterocycles. The molecule has 1 unspecified atom stereocenters. The van der Waals surface area contributed by atoms with Crippen molar-refractivity contribution in [3.05, 3.63) is 51.7 Å². The molecular formula is C20H27N5O3. The molecule has 2 aliphatic rings. The maximum absolute atomic E-state index is 13.1. The molecule has 0 spiro atoms. The number of carbonyl (C=O) groups is 1. The van der Waals surface area contributed by atoms with E-state index >= 15 is 0 Å².